The Balaban J connectivity index is 2.08. The molecule has 20 heavy (non-hydrogen) atoms. The van der Waals surface area contributed by atoms with Gasteiger partial charge in [0.15, 0.2) is 0 Å². The van der Waals surface area contributed by atoms with Gasteiger partial charge in [0.1, 0.15) is 5.82 Å². The molecule has 3 heteroatoms. The van der Waals surface area contributed by atoms with Crippen LogP contribution in [0.5, 0.6) is 0 Å². The smallest absolute Gasteiger partial charge is 0.126 e. The van der Waals surface area contributed by atoms with E-state index in [0.717, 1.165) is 12.1 Å². The van der Waals surface area contributed by atoms with Gasteiger partial charge in [0.25, 0.3) is 0 Å². The first kappa shape index (κ1) is 14.7. The molecular weight excluding hydrogens is 251 g/mol. The summed E-state index contributed by atoms with van der Waals surface area (Å²) in [5.74, 6) is -0.196. The normalized spacial score (nSPS) is 14.0. The predicted octanol–water partition coefficient (Wildman–Crippen LogP) is 3.29. The fourth-order valence-corrected chi connectivity index (χ4v) is 2.32. The van der Waals surface area contributed by atoms with Gasteiger partial charge >= 0.3 is 0 Å². The molecule has 2 N–H and O–H groups in total. The summed E-state index contributed by atoms with van der Waals surface area (Å²) in [7, 11) is 0. The third-order valence-corrected chi connectivity index (χ3v) is 3.43. The largest absolute Gasteiger partial charge is 0.325 e. The van der Waals surface area contributed by atoms with E-state index in [-0.39, 0.29) is 5.82 Å². The van der Waals surface area contributed by atoms with Crippen LogP contribution in [0.25, 0.3) is 0 Å². The molecule has 0 spiro atoms. The van der Waals surface area contributed by atoms with Crippen LogP contribution in [0.3, 0.4) is 0 Å². The van der Waals surface area contributed by atoms with Gasteiger partial charge in [-0.15, -0.1) is 0 Å². The van der Waals surface area contributed by atoms with Crippen molar-refractivity contribution in [2.75, 3.05) is 0 Å². The Kier molecular flexibility index (Phi) is 4.50. The third-order valence-electron chi connectivity index (χ3n) is 3.43. The van der Waals surface area contributed by atoms with Gasteiger partial charge < -0.3 is 5.73 Å². The fourth-order valence-electron chi connectivity index (χ4n) is 2.32. The van der Waals surface area contributed by atoms with Gasteiger partial charge in [-0.05, 0) is 43.0 Å². The zero-order valence-electron chi connectivity index (χ0n) is 12.1. The number of nitrogens with two attached hydrogens (primary N) is 1. The number of hydrogen-bond acceptors (Lipinski definition) is 2. The Hall–Kier alpha value is -1.74. The van der Waals surface area contributed by atoms with Crippen molar-refractivity contribution in [3.05, 3.63) is 65.2 Å². The maximum Gasteiger partial charge on any atom is 0.126 e. The zero-order valence-corrected chi connectivity index (χ0v) is 12.1. The number of benzene rings is 1. The molecule has 1 aromatic carbocycles. The van der Waals surface area contributed by atoms with Crippen molar-refractivity contribution in [2.24, 2.45) is 5.73 Å². The number of aromatic nitrogens is 1. The molecule has 0 saturated carbocycles. The lowest BCUT2D eigenvalue weighted by Crippen LogP contribution is -2.41. The average Bonchev–Trinajstić information content (AvgIpc) is 2.41. The van der Waals surface area contributed by atoms with Crippen molar-refractivity contribution in [1.29, 1.82) is 0 Å². The molecule has 0 aliphatic carbocycles. The molecule has 2 nitrogen and oxygen atoms in total. The minimum atomic E-state index is -0.511. The SMILES string of the molecule is CCc1ccc(CC(C)(N)Cc2ccccc2F)nc1. The summed E-state index contributed by atoms with van der Waals surface area (Å²) in [5, 5.41) is 0. The number of hydrogen-bond donors (Lipinski definition) is 1. The number of aryl methyl sites for hydroxylation is 1. The third kappa shape index (κ3) is 3.87. The van der Waals surface area contributed by atoms with E-state index in [1.807, 2.05) is 25.3 Å². The molecule has 0 saturated heterocycles. The molecule has 1 unspecified atom stereocenters. The highest BCUT2D eigenvalue weighted by Gasteiger charge is 2.22. The summed E-state index contributed by atoms with van der Waals surface area (Å²) in [6.45, 7) is 4.04. The van der Waals surface area contributed by atoms with Crippen LogP contribution in [0.4, 0.5) is 4.39 Å². The van der Waals surface area contributed by atoms with Crippen molar-refractivity contribution in [3.8, 4) is 0 Å². The molecular formula is C17H21FN2. The van der Waals surface area contributed by atoms with E-state index in [1.165, 1.54) is 11.6 Å². The summed E-state index contributed by atoms with van der Waals surface area (Å²) in [6, 6.07) is 10.9. The van der Waals surface area contributed by atoms with Crippen LogP contribution in [0.15, 0.2) is 42.6 Å². The molecule has 2 aromatic rings. The highest BCUT2D eigenvalue weighted by Crippen LogP contribution is 2.18. The van der Waals surface area contributed by atoms with Gasteiger partial charge in [0.2, 0.25) is 0 Å². The monoisotopic (exact) mass is 272 g/mol. The van der Waals surface area contributed by atoms with Crippen LogP contribution >= 0.6 is 0 Å². The summed E-state index contributed by atoms with van der Waals surface area (Å²) < 4.78 is 13.7. The Morgan fingerprint density at radius 2 is 1.90 bits per heavy atom. The Labute approximate surface area is 119 Å². The van der Waals surface area contributed by atoms with Gasteiger partial charge in [-0.25, -0.2) is 4.39 Å². The number of halogens is 1. The molecule has 2 rings (SSSR count). The van der Waals surface area contributed by atoms with Crippen LogP contribution in [-0.2, 0) is 19.3 Å². The molecule has 1 aromatic heterocycles. The summed E-state index contributed by atoms with van der Waals surface area (Å²) in [6.07, 6.45) is 3.99. The van der Waals surface area contributed by atoms with Crippen molar-refractivity contribution >= 4 is 0 Å². The van der Waals surface area contributed by atoms with Crippen LogP contribution in [0.2, 0.25) is 0 Å². The fraction of sp³-hybridized carbons (Fsp3) is 0.353. The van der Waals surface area contributed by atoms with Crippen LogP contribution in [0, 0.1) is 5.82 Å². The standard InChI is InChI=1S/C17H21FN2/c1-3-13-8-9-15(20-12-13)11-17(2,19)10-14-6-4-5-7-16(14)18/h4-9,12H,3,10-11,19H2,1-2H3. The summed E-state index contributed by atoms with van der Waals surface area (Å²) in [5.41, 5.74) is 8.62. The second-order valence-electron chi connectivity index (χ2n) is 5.61. The van der Waals surface area contributed by atoms with E-state index in [9.17, 15) is 4.39 Å². The van der Waals surface area contributed by atoms with Crippen LogP contribution < -0.4 is 5.73 Å². The van der Waals surface area contributed by atoms with Gasteiger partial charge in [-0.3, -0.25) is 4.98 Å². The van der Waals surface area contributed by atoms with E-state index >= 15 is 0 Å². The molecule has 1 atom stereocenters. The number of rotatable bonds is 5. The van der Waals surface area contributed by atoms with Gasteiger partial charge in [-0.2, -0.15) is 0 Å². The van der Waals surface area contributed by atoms with Crippen molar-refractivity contribution < 1.29 is 4.39 Å². The number of nitrogens with zero attached hydrogens (tertiary/aromatic N) is 1. The second kappa shape index (κ2) is 6.14. The van der Waals surface area contributed by atoms with E-state index < -0.39 is 5.54 Å². The van der Waals surface area contributed by atoms with E-state index in [1.54, 1.807) is 12.1 Å². The molecule has 0 bridgehead atoms. The molecule has 0 radical (unpaired) electrons. The Bertz CT molecular complexity index is 561. The van der Waals surface area contributed by atoms with Crippen LogP contribution in [-0.4, -0.2) is 10.5 Å². The molecule has 0 fully saturated rings. The topological polar surface area (TPSA) is 38.9 Å². The minimum absolute atomic E-state index is 0.196. The zero-order chi connectivity index (χ0) is 14.6. The highest BCUT2D eigenvalue weighted by molar-refractivity contribution is 5.21. The molecule has 0 aliphatic rings. The van der Waals surface area contributed by atoms with Crippen molar-refractivity contribution in [2.45, 2.75) is 38.6 Å². The average molecular weight is 272 g/mol. The van der Waals surface area contributed by atoms with E-state index in [4.69, 9.17) is 5.73 Å². The lowest BCUT2D eigenvalue weighted by molar-refractivity contribution is 0.446. The van der Waals surface area contributed by atoms with Crippen LogP contribution in [0.1, 0.15) is 30.7 Å². The lowest BCUT2D eigenvalue weighted by atomic mass is 9.89. The lowest BCUT2D eigenvalue weighted by Gasteiger charge is -2.24. The van der Waals surface area contributed by atoms with Crippen molar-refractivity contribution in [1.82, 2.24) is 4.98 Å². The van der Waals surface area contributed by atoms with Gasteiger partial charge in [-0.1, -0.05) is 31.2 Å². The van der Waals surface area contributed by atoms with Crippen molar-refractivity contribution in [3.63, 3.8) is 0 Å². The summed E-state index contributed by atoms with van der Waals surface area (Å²) in [4.78, 5) is 4.43. The predicted molar refractivity (Wildman–Crippen MR) is 80.0 cm³/mol. The first-order chi connectivity index (χ1) is 9.50. The molecule has 0 amide bonds. The molecule has 0 aliphatic heterocycles. The second-order valence-corrected chi connectivity index (χ2v) is 5.61. The minimum Gasteiger partial charge on any atom is -0.325 e. The Morgan fingerprint density at radius 3 is 2.50 bits per heavy atom. The maximum atomic E-state index is 13.7. The first-order valence-electron chi connectivity index (χ1n) is 6.96. The van der Waals surface area contributed by atoms with Gasteiger partial charge in [0.05, 0.1) is 0 Å². The quantitative estimate of drug-likeness (QED) is 0.907. The van der Waals surface area contributed by atoms with E-state index in [2.05, 4.69) is 18.0 Å². The molecule has 106 valence electrons. The number of pyridine rings is 1. The van der Waals surface area contributed by atoms with E-state index in [0.29, 0.717) is 18.4 Å². The maximum absolute atomic E-state index is 13.7. The highest BCUT2D eigenvalue weighted by atomic mass is 19.1. The van der Waals surface area contributed by atoms with Gasteiger partial charge in [0, 0.05) is 23.9 Å². The first-order valence-corrected chi connectivity index (χ1v) is 6.96. The Morgan fingerprint density at radius 1 is 1.15 bits per heavy atom. The summed E-state index contributed by atoms with van der Waals surface area (Å²) >= 11 is 0. The molecule has 1 heterocycles.